The Hall–Kier alpha value is -6.38. The Balaban J connectivity index is 0.000000508. The van der Waals surface area contributed by atoms with Gasteiger partial charge in [0.25, 0.3) is 5.91 Å². The van der Waals surface area contributed by atoms with E-state index < -0.39 is 29.6 Å². The van der Waals surface area contributed by atoms with Crippen LogP contribution in [-0.4, -0.2) is 52.6 Å². The largest absolute Gasteiger partial charge is 0.478 e. The van der Waals surface area contributed by atoms with Gasteiger partial charge < -0.3 is 25.4 Å². The highest BCUT2D eigenvalue weighted by atomic mass is 19.4. The van der Waals surface area contributed by atoms with Crippen LogP contribution in [0.25, 0.3) is 16.9 Å². The van der Waals surface area contributed by atoms with Crippen LogP contribution in [0.1, 0.15) is 34.1 Å². The summed E-state index contributed by atoms with van der Waals surface area (Å²) < 4.78 is 42.3. The van der Waals surface area contributed by atoms with E-state index in [2.05, 4.69) is 30.6 Å². The van der Waals surface area contributed by atoms with E-state index >= 15 is 0 Å². The van der Waals surface area contributed by atoms with Crippen LogP contribution in [0.15, 0.2) is 97.4 Å². The van der Waals surface area contributed by atoms with Crippen molar-refractivity contribution in [3.05, 3.63) is 120 Å². The molecule has 5 rings (SSSR count). The minimum Gasteiger partial charge on any atom is -0.478 e. The van der Waals surface area contributed by atoms with Crippen LogP contribution in [0.2, 0.25) is 0 Å². The second-order valence-electron chi connectivity index (χ2n) is 10.3. The molecule has 0 bridgehead atoms. The third-order valence-corrected chi connectivity index (χ3v) is 6.55. The Morgan fingerprint density at radius 2 is 1.73 bits per heavy atom. The zero-order valence-corrected chi connectivity index (χ0v) is 25.6. The van der Waals surface area contributed by atoms with Crippen LogP contribution in [0.3, 0.4) is 0 Å². The van der Waals surface area contributed by atoms with E-state index in [-0.39, 0.29) is 22.5 Å². The van der Waals surface area contributed by atoms with E-state index in [1.807, 2.05) is 13.0 Å². The number of nitrogens with zero attached hydrogens (tertiary/aromatic N) is 5. The van der Waals surface area contributed by atoms with E-state index in [9.17, 15) is 27.6 Å². The van der Waals surface area contributed by atoms with Gasteiger partial charge in [-0.1, -0.05) is 6.07 Å². The van der Waals surface area contributed by atoms with Crippen molar-refractivity contribution in [2.75, 3.05) is 10.6 Å². The highest BCUT2D eigenvalue weighted by Crippen LogP contribution is 2.33. The lowest BCUT2D eigenvalue weighted by atomic mass is 10.1. The Labute approximate surface area is 271 Å². The van der Waals surface area contributed by atoms with Crippen LogP contribution in [0.4, 0.5) is 30.5 Å². The van der Waals surface area contributed by atoms with Crippen LogP contribution in [-0.2, 0) is 15.8 Å². The van der Waals surface area contributed by atoms with Gasteiger partial charge >= 0.3 is 18.1 Å². The lowest BCUT2D eigenvalue weighted by Crippen LogP contribution is -2.14. The molecule has 0 aliphatic carbocycles. The number of rotatable bonds is 8. The van der Waals surface area contributed by atoms with E-state index in [0.717, 1.165) is 23.3 Å². The Morgan fingerprint density at radius 1 is 0.958 bits per heavy atom. The molecule has 0 radical (unpaired) electrons. The normalized spacial score (nSPS) is 11.2. The first-order valence-electron chi connectivity index (χ1n) is 14.0. The molecule has 4 N–H and O–H groups in total. The number of amides is 1. The van der Waals surface area contributed by atoms with Crippen molar-refractivity contribution < 1.29 is 37.8 Å². The van der Waals surface area contributed by atoms with Gasteiger partial charge in [-0.25, -0.2) is 24.5 Å². The second-order valence-corrected chi connectivity index (χ2v) is 10.3. The highest BCUT2D eigenvalue weighted by Gasteiger charge is 2.31. The summed E-state index contributed by atoms with van der Waals surface area (Å²) in [5.74, 6) is -2.71. The van der Waals surface area contributed by atoms with Crippen LogP contribution in [0.5, 0.6) is 0 Å². The number of pyridine rings is 1. The Morgan fingerprint density at radius 3 is 2.33 bits per heavy atom. The molecule has 3 heterocycles. The zero-order valence-electron chi connectivity index (χ0n) is 25.6. The van der Waals surface area contributed by atoms with Gasteiger partial charge in [0, 0.05) is 64.6 Å². The Bertz CT molecular complexity index is 1990. The summed E-state index contributed by atoms with van der Waals surface area (Å²) in [7, 11) is 0. The summed E-state index contributed by atoms with van der Waals surface area (Å²) in [6.45, 7) is 4.80. The van der Waals surface area contributed by atoms with Gasteiger partial charge in [0.2, 0.25) is 5.95 Å². The molecule has 246 valence electrons. The van der Waals surface area contributed by atoms with Gasteiger partial charge in [0.1, 0.15) is 0 Å². The summed E-state index contributed by atoms with van der Waals surface area (Å²) in [5.41, 5.74) is 2.91. The lowest BCUT2D eigenvalue weighted by molar-refractivity contribution is -0.137. The van der Waals surface area contributed by atoms with Crippen molar-refractivity contribution in [2.24, 2.45) is 0 Å². The summed E-state index contributed by atoms with van der Waals surface area (Å²) in [5, 5.41) is 21.8. The molecule has 0 aliphatic heterocycles. The first-order chi connectivity index (χ1) is 22.7. The number of nitrogens with one attached hydrogen (secondary N) is 2. The number of benzene rings is 2. The molecule has 1 amide bonds. The van der Waals surface area contributed by atoms with Crippen LogP contribution >= 0.6 is 0 Å². The topological polar surface area (TPSA) is 172 Å². The summed E-state index contributed by atoms with van der Waals surface area (Å²) in [4.78, 5) is 49.7. The number of halogens is 3. The van der Waals surface area contributed by atoms with Gasteiger partial charge in [0.15, 0.2) is 0 Å². The van der Waals surface area contributed by atoms with Crippen molar-refractivity contribution in [1.29, 1.82) is 0 Å². The summed E-state index contributed by atoms with van der Waals surface area (Å²) in [6, 6.07) is 13.7. The molecular formula is C33H28F3N7O5. The minimum atomic E-state index is -4.60. The number of imidazole rings is 1. The van der Waals surface area contributed by atoms with E-state index in [4.69, 9.17) is 10.2 Å². The molecule has 0 aliphatic rings. The third kappa shape index (κ3) is 9.32. The van der Waals surface area contributed by atoms with Gasteiger partial charge in [-0.15, -0.1) is 0 Å². The quantitative estimate of drug-likeness (QED) is 0.136. The average molecular weight is 660 g/mol. The maximum absolute atomic E-state index is 13.6. The van der Waals surface area contributed by atoms with Gasteiger partial charge in [0.05, 0.1) is 23.3 Å². The molecule has 0 unspecified atom stereocenters. The monoisotopic (exact) mass is 659 g/mol. The molecule has 48 heavy (non-hydrogen) atoms. The number of carboxylic acid groups (broad SMARTS) is 2. The van der Waals surface area contributed by atoms with E-state index in [1.165, 1.54) is 23.9 Å². The second kappa shape index (κ2) is 14.8. The number of hydrogen-bond donors (Lipinski definition) is 4. The van der Waals surface area contributed by atoms with Crippen molar-refractivity contribution in [3.63, 3.8) is 0 Å². The molecule has 3 aromatic heterocycles. The van der Waals surface area contributed by atoms with Crippen LogP contribution in [0, 0.1) is 13.8 Å². The van der Waals surface area contributed by atoms with E-state index in [0.29, 0.717) is 29.1 Å². The molecule has 0 saturated heterocycles. The van der Waals surface area contributed by atoms with Crippen molar-refractivity contribution >= 4 is 35.2 Å². The zero-order chi connectivity index (χ0) is 35.0. The van der Waals surface area contributed by atoms with Gasteiger partial charge in [-0.2, -0.15) is 13.2 Å². The average Bonchev–Trinajstić information content (AvgIpc) is 3.48. The molecule has 2 aromatic carbocycles. The fraction of sp³-hybridized carbons (Fsp3) is 0.121. The van der Waals surface area contributed by atoms with E-state index in [1.54, 1.807) is 62.0 Å². The molecule has 0 atom stereocenters. The first kappa shape index (κ1) is 34.5. The predicted molar refractivity (Wildman–Crippen MR) is 170 cm³/mol. The first-order valence-corrected chi connectivity index (χ1v) is 14.0. The van der Waals surface area contributed by atoms with Crippen molar-refractivity contribution in [3.8, 4) is 16.9 Å². The van der Waals surface area contributed by atoms with Crippen molar-refractivity contribution in [1.82, 2.24) is 24.5 Å². The fourth-order valence-corrected chi connectivity index (χ4v) is 4.12. The van der Waals surface area contributed by atoms with Crippen molar-refractivity contribution in [2.45, 2.75) is 26.9 Å². The number of carboxylic acids is 2. The maximum Gasteiger partial charge on any atom is 0.416 e. The van der Waals surface area contributed by atoms with Crippen LogP contribution < -0.4 is 10.6 Å². The highest BCUT2D eigenvalue weighted by molar-refractivity contribution is 6.05. The molecule has 12 nitrogen and oxygen atoms in total. The Kier molecular flexibility index (Phi) is 10.6. The molecule has 5 aromatic rings. The molecule has 0 fully saturated rings. The smallest absolute Gasteiger partial charge is 0.416 e. The predicted octanol–water partition coefficient (Wildman–Crippen LogP) is 6.46. The lowest BCUT2D eigenvalue weighted by Gasteiger charge is -2.14. The number of aliphatic carboxylic acids is 2. The number of aromatic nitrogens is 5. The summed E-state index contributed by atoms with van der Waals surface area (Å²) in [6.07, 6.45) is 4.03. The van der Waals surface area contributed by atoms with Gasteiger partial charge in [-0.05, 0) is 74.9 Å². The maximum atomic E-state index is 13.6. The number of carbonyl (C=O) groups excluding carboxylic acids is 1. The molecular weight excluding hydrogens is 631 g/mol. The molecule has 0 saturated carbocycles. The number of hydrogen-bond acceptors (Lipinski definition) is 8. The number of anilines is 3. The molecule has 15 heteroatoms. The number of alkyl halides is 3. The summed E-state index contributed by atoms with van der Waals surface area (Å²) >= 11 is 0. The number of aryl methyl sites for hydroxylation is 2. The SMILES string of the molecule is CC(=CC(=O)O)C(=O)O.Cc1cn(-c2cc(NC(=O)c3ccc(C)c(Nc4nccc(-c5cccnc5)n4)c3)cc(C(F)(F)F)c2)cn1. The fourth-order valence-electron chi connectivity index (χ4n) is 4.12. The minimum absolute atomic E-state index is 0.00114. The molecule has 0 spiro atoms. The standard InChI is InChI=1S/C28H22F3N7O.C5H6O4/c1-17-5-6-19(10-25(17)37-27-33-9-7-24(36-27)20-4-3-8-32-14-20)26(39)35-22-11-21(28(29,30)31)12-23(13-22)38-15-18(2)34-16-38;1-3(5(8)9)2-4(6)7/h3-16H,1-2H3,(H,35,39)(H,33,36,37);2H,1H3,(H,6,7)(H,8,9). The third-order valence-electron chi connectivity index (χ3n) is 6.55. The van der Waals surface area contributed by atoms with Gasteiger partial charge in [-0.3, -0.25) is 9.78 Å². The number of carbonyl (C=O) groups is 3.